The van der Waals surface area contributed by atoms with Gasteiger partial charge in [0.05, 0.1) is 0 Å². The van der Waals surface area contributed by atoms with Crippen LogP contribution in [0.15, 0.2) is 0 Å². The fourth-order valence-electron chi connectivity index (χ4n) is 3.95. The van der Waals surface area contributed by atoms with Crippen LogP contribution in [-0.2, 0) is 0 Å². The van der Waals surface area contributed by atoms with Crippen molar-refractivity contribution >= 4 is 0 Å². The fourth-order valence-corrected chi connectivity index (χ4v) is 3.95. The second-order valence-corrected chi connectivity index (χ2v) is 5.58. The molecule has 1 saturated carbocycles. The van der Waals surface area contributed by atoms with Crippen LogP contribution in [0.2, 0.25) is 0 Å². The van der Waals surface area contributed by atoms with E-state index in [-0.39, 0.29) is 0 Å². The van der Waals surface area contributed by atoms with E-state index in [0.717, 1.165) is 31.1 Å². The molecule has 2 heterocycles. The van der Waals surface area contributed by atoms with Gasteiger partial charge in [0.1, 0.15) is 0 Å². The molecule has 0 spiro atoms. The molecule has 0 bridgehead atoms. The number of hydrazine groups is 1. The first-order chi connectivity index (χ1) is 7.34. The minimum atomic E-state index is 0.767. The van der Waals surface area contributed by atoms with E-state index in [1.54, 1.807) is 0 Å². The summed E-state index contributed by atoms with van der Waals surface area (Å²) in [6, 6.07) is 1.68. The zero-order valence-corrected chi connectivity index (χ0v) is 9.57. The molecular weight excluding hydrogens is 186 g/mol. The highest BCUT2D eigenvalue weighted by atomic mass is 15.4. The third-order valence-corrected chi connectivity index (χ3v) is 4.73. The van der Waals surface area contributed by atoms with Gasteiger partial charge < -0.3 is 0 Å². The Labute approximate surface area is 92.6 Å². The third-order valence-electron chi connectivity index (χ3n) is 4.73. The predicted molar refractivity (Wildman–Crippen MR) is 61.2 cm³/mol. The van der Waals surface area contributed by atoms with Crippen LogP contribution in [0.3, 0.4) is 0 Å². The maximum absolute atomic E-state index is 5.92. The van der Waals surface area contributed by atoms with E-state index in [1.165, 1.54) is 45.1 Å². The number of hydrogen-bond donors (Lipinski definition) is 1. The zero-order chi connectivity index (χ0) is 10.3. The van der Waals surface area contributed by atoms with E-state index in [2.05, 4.69) is 4.90 Å². The summed E-state index contributed by atoms with van der Waals surface area (Å²) in [5.41, 5.74) is 0. The number of rotatable bonds is 0. The van der Waals surface area contributed by atoms with Crippen LogP contribution in [0.5, 0.6) is 0 Å². The van der Waals surface area contributed by atoms with E-state index in [4.69, 9.17) is 5.84 Å². The maximum atomic E-state index is 5.92. The highest BCUT2D eigenvalue weighted by Crippen LogP contribution is 2.38. The molecule has 2 N–H and O–H groups in total. The molecule has 0 amide bonds. The summed E-state index contributed by atoms with van der Waals surface area (Å²) in [6.45, 7) is 3.38. The average molecular weight is 209 g/mol. The van der Waals surface area contributed by atoms with Crippen molar-refractivity contribution in [1.82, 2.24) is 9.91 Å². The topological polar surface area (TPSA) is 32.5 Å². The number of nitrogens with zero attached hydrogens (tertiary/aromatic N) is 2. The van der Waals surface area contributed by atoms with Gasteiger partial charge >= 0.3 is 0 Å². The van der Waals surface area contributed by atoms with Crippen molar-refractivity contribution in [3.8, 4) is 0 Å². The Bertz CT molecular complexity index is 231. The van der Waals surface area contributed by atoms with Crippen LogP contribution in [0.25, 0.3) is 0 Å². The average Bonchev–Trinajstić information content (AvgIpc) is 2.28. The molecule has 3 rings (SSSR count). The number of piperazine rings is 1. The minimum absolute atomic E-state index is 0.767. The summed E-state index contributed by atoms with van der Waals surface area (Å²) in [7, 11) is 0. The van der Waals surface area contributed by atoms with Crippen LogP contribution in [0.1, 0.15) is 38.5 Å². The normalized spacial score (nSPS) is 43.4. The van der Waals surface area contributed by atoms with Gasteiger partial charge in [0.2, 0.25) is 0 Å². The van der Waals surface area contributed by atoms with E-state index < -0.39 is 0 Å². The van der Waals surface area contributed by atoms with Gasteiger partial charge in [0.25, 0.3) is 0 Å². The van der Waals surface area contributed by atoms with Crippen molar-refractivity contribution in [1.29, 1.82) is 0 Å². The number of nitrogens with two attached hydrogens (primary N) is 1. The molecular formula is C12H23N3. The number of piperidine rings is 1. The summed E-state index contributed by atoms with van der Waals surface area (Å²) < 4.78 is 0. The van der Waals surface area contributed by atoms with Crippen molar-refractivity contribution < 1.29 is 0 Å². The molecule has 1 aliphatic carbocycles. The quantitative estimate of drug-likeness (QED) is 0.608. The lowest BCUT2D eigenvalue weighted by molar-refractivity contribution is -0.0324. The molecule has 3 heteroatoms. The lowest BCUT2D eigenvalue weighted by Gasteiger charge is -2.52. The summed E-state index contributed by atoms with van der Waals surface area (Å²) in [5, 5.41) is 2.02. The van der Waals surface area contributed by atoms with Crippen molar-refractivity contribution in [2.45, 2.75) is 50.6 Å². The lowest BCUT2D eigenvalue weighted by atomic mass is 9.76. The van der Waals surface area contributed by atoms with Crippen LogP contribution in [-0.4, -0.2) is 41.6 Å². The number of hydrogen-bond acceptors (Lipinski definition) is 3. The Morgan fingerprint density at radius 1 is 0.933 bits per heavy atom. The fraction of sp³-hybridized carbons (Fsp3) is 1.00. The van der Waals surface area contributed by atoms with E-state index in [9.17, 15) is 0 Å². The lowest BCUT2D eigenvalue weighted by Crippen LogP contribution is -2.62. The van der Waals surface area contributed by atoms with Gasteiger partial charge in [-0.05, 0) is 31.6 Å². The van der Waals surface area contributed by atoms with Gasteiger partial charge in [-0.25, -0.2) is 5.01 Å². The minimum Gasteiger partial charge on any atom is -0.295 e. The van der Waals surface area contributed by atoms with Gasteiger partial charge in [-0.2, -0.15) is 0 Å². The second kappa shape index (κ2) is 4.04. The van der Waals surface area contributed by atoms with Crippen molar-refractivity contribution in [2.75, 3.05) is 19.6 Å². The van der Waals surface area contributed by atoms with Gasteiger partial charge in [0.15, 0.2) is 0 Å². The highest BCUT2D eigenvalue weighted by molar-refractivity contribution is 4.94. The molecule has 15 heavy (non-hydrogen) atoms. The van der Waals surface area contributed by atoms with Gasteiger partial charge in [-0.15, -0.1) is 0 Å². The third kappa shape index (κ3) is 1.81. The second-order valence-electron chi connectivity index (χ2n) is 5.58. The largest absolute Gasteiger partial charge is 0.295 e. The Hall–Kier alpha value is -0.120. The Morgan fingerprint density at radius 2 is 1.80 bits per heavy atom. The molecule has 2 saturated heterocycles. The van der Waals surface area contributed by atoms with E-state index in [0.29, 0.717) is 0 Å². The number of fused-ring (bicyclic) bond motifs is 3. The summed E-state index contributed by atoms with van der Waals surface area (Å²) in [6.07, 6.45) is 8.71. The smallest absolute Gasteiger partial charge is 0.0285 e. The van der Waals surface area contributed by atoms with Crippen LogP contribution < -0.4 is 5.84 Å². The van der Waals surface area contributed by atoms with E-state index in [1.807, 2.05) is 5.01 Å². The molecule has 3 unspecified atom stereocenters. The maximum Gasteiger partial charge on any atom is 0.0285 e. The standard InChI is InChI=1S/C12H23N3/c13-14-7-8-15-11(9-14)6-5-10-3-1-2-4-12(10)15/h10-12H,1-9,13H2. The molecule has 3 atom stereocenters. The molecule has 0 aromatic carbocycles. The van der Waals surface area contributed by atoms with Gasteiger partial charge in [0, 0.05) is 31.7 Å². The molecule has 3 fully saturated rings. The van der Waals surface area contributed by atoms with Crippen molar-refractivity contribution in [2.24, 2.45) is 11.8 Å². The van der Waals surface area contributed by atoms with Crippen LogP contribution >= 0.6 is 0 Å². The van der Waals surface area contributed by atoms with E-state index >= 15 is 0 Å². The Kier molecular flexibility index (Phi) is 2.71. The molecule has 3 aliphatic rings. The first kappa shape index (κ1) is 10.1. The zero-order valence-electron chi connectivity index (χ0n) is 9.57. The summed E-state index contributed by atoms with van der Waals surface area (Å²) >= 11 is 0. The highest BCUT2D eigenvalue weighted by Gasteiger charge is 2.40. The first-order valence-electron chi connectivity index (χ1n) is 6.60. The molecule has 0 aromatic rings. The Balaban J connectivity index is 1.72. The van der Waals surface area contributed by atoms with Gasteiger partial charge in [-0.1, -0.05) is 12.8 Å². The summed E-state index contributed by atoms with van der Waals surface area (Å²) in [4.78, 5) is 2.79. The molecule has 2 aliphatic heterocycles. The van der Waals surface area contributed by atoms with Gasteiger partial charge in [-0.3, -0.25) is 10.7 Å². The van der Waals surface area contributed by atoms with Crippen LogP contribution in [0.4, 0.5) is 0 Å². The molecule has 86 valence electrons. The SMILES string of the molecule is NN1CCN2C(CCC3CCCCC32)C1. The predicted octanol–water partition coefficient (Wildman–Crippen LogP) is 1.20. The monoisotopic (exact) mass is 209 g/mol. The van der Waals surface area contributed by atoms with Crippen molar-refractivity contribution in [3.05, 3.63) is 0 Å². The molecule has 3 nitrogen and oxygen atoms in total. The Morgan fingerprint density at radius 3 is 2.73 bits per heavy atom. The van der Waals surface area contributed by atoms with Crippen molar-refractivity contribution in [3.63, 3.8) is 0 Å². The van der Waals surface area contributed by atoms with Crippen LogP contribution in [0, 0.1) is 5.92 Å². The first-order valence-corrected chi connectivity index (χ1v) is 6.60. The molecule has 0 aromatic heterocycles. The summed E-state index contributed by atoms with van der Waals surface area (Å²) in [5.74, 6) is 6.93. The molecule has 0 radical (unpaired) electrons.